The molecule has 0 fully saturated rings. The van der Waals surface area contributed by atoms with Crippen LogP contribution in [0.3, 0.4) is 0 Å². The number of hydrogen-bond acceptors (Lipinski definition) is 9. The zero-order valence-electron chi connectivity index (χ0n) is 25.5. The first-order valence-corrected chi connectivity index (χ1v) is 16.8. The normalized spacial score (nSPS) is 11.1. The highest BCUT2D eigenvalue weighted by Crippen LogP contribution is 2.27. The van der Waals surface area contributed by atoms with E-state index in [0.29, 0.717) is 40.8 Å². The maximum atomic E-state index is 13.6. The second kappa shape index (κ2) is 16.3. The highest BCUT2D eigenvalue weighted by Gasteiger charge is 2.27. The molecule has 0 aromatic heterocycles. The molecule has 0 atom stereocenters. The lowest BCUT2D eigenvalue weighted by molar-refractivity contribution is -0.119. The molecule has 0 spiro atoms. The van der Waals surface area contributed by atoms with Crippen molar-refractivity contribution in [1.82, 2.24) is 5.43 Å². The molecule has 0 bridgehead atoms. The molecule has 0 aliphatic carbocycles. The predicted octanol–water partition coefficient (Wildman–Crippen LogP) is 5.18. The molecule has 13 heteroatoms. The van der Waals surface area contributed by atoms with Crippen molar-refractivity contribution in [2.24, 2.45) is 5.10 Å². The number of ether oxygens (including phenoxy) is 3. The molecule has 0 aliphatic heterocycles. The first-order valence-electron chi connectivity index (χ1n) is 14.1. The highest BCUT2D eigenvalue weighted by molar-refractivity contribution is 7.98. The molecule has 4 rings (SSSR count). The average molecular weight is 663 g/mol. The van der Waals surface area contributed by atoms with Crippen LogP contribution in [0.2, 0.25) is 0 Å². The number of carbonyl (C=O) groups excluding carboxylic acids is 2. The van der Waals surface area contributed by atoms with Crippen molar-refractivity contribution >= 4 is 51.2 Å². The van der Waals surface area contributed by atoms with Gasteiger partial charge in [-0.3, -0.25) is 13.9 Å². The van der Waals surface area contributed by atoms with Gasteiger partial charge in [-0.25, -0.2) is 13.8 Å². The number of thioether (sulfide) groups is 1. The van der Waals surface area contributed by atoms with Crippen molar-refractivity contribution < 1.29 is 32.2 Å². The molecule has 240 valence electrons. The lowest BCUT2D eigenvalue weighted by atomic mass is 10.2. The van der Waals surface area contributed by atoms with E-state index in [1.165, 1.54) is 37.2 Å². The van der Waals surface area contributed by atoms with E-state index < -0.39 is 22.5 Å². The lowest BCUT2D eigenvalue weighted by Crippen LogP contribution is -2.39. The van der Waals surface area contributed by atoms with E-state index >= 15 is 0 Å². The Balaban J connectivity index is 1.37. The summed E-state index contributed by atoms with van der Waals surface area (Å²) in [4.78, 5) is 26.2. The standard InChI is InChI=1S/C33H34N4O7S2/c1-4-43-26-15-11-25(12-16-26)37(46(40,41)29-19-17-28(45-3)18-20-29)22-32(38)36-34-21-24-9-13-27(14-10-24)44-23-33(39)35-30-7-5-6-8-31(30)42-2/h5-21H,4,22-23H2,1-3H3,(H,35,39)(H,36,38)/b34-21-. The fourth-order valence-electron chi connectivity index (χ4n) is 4.14. The fourth-order valence-corrected chi connectivity index (χ4v) is 5.97. The zero-order valence-corrected chi connectivity index (χ0v) is 27.1. The number of sulfonamides is 1. The topological polar surface area (TPSA) is 136 Å². The number of para-hydroxylation sites is 2. The number of hydrazone groups is 1. The second-order valence-corrected chi connectivity index (χ2v) is 12.3. The second-order valence-electron chi connectivity index (χ2n) is 9.51. The molecule has 0 heterocycles. The van der Waals surface area contributed by atoms with Gasteiger partial charge in [-0.05, 0) is 104 Å². The minimum Gasteiger partial charge on any atom is -0.495 e. The Labute approximate surface area is 272 Å². The Hall–Kier alpha value is -5.01. The van der Waals surface area contributed by atoms with Crippen LogP contribution >= 0.6 is 11.8 Å². The number of hydrogen-bond donors (Lipinski definition) is 2. The van der Waals surface area contributed by atoms with Crippen molar-refractivity contribution in [1.29, 1.82) is 0 Å². The summed E-state index contributed by atoms with van der Waals surface area (Å²) < 4.78 is 44.6. The molecule has 4 aromatic carbocycles. The Morgan fingerprint density at radius 1 is 0.870 bits per heavy atom. The van der Waals surface area contributed by atoms with Gasteiger partial charge in [-0.15, -0.1) is 11.8 Å². The van der Waals surface area contributed by atoms with Crippen LogP contribution in [0.4, 0.5) is 11.4 Å². The number of nitrogens with one attached hydrogen (secondary N) is 2. The maximum Gasteiger partial charge on any atom is 0.264 e. The summed E-state index contributed by atoms with van der Waals surface area (Å²) in [6, 6.07) is 26.7. The van der Waals surface area contributed by atoms with Crippen LogP contribution in [0.1, 0.15) is 12.5 Å². The first-order chi connectivity index (χ1) is 22.2. The van der Waals surface area contributed by atoms with E-state index in [9.17, 15) is 18.0 Å². The summed E-state index contributed by atoms with van der Waals surface area (Å²) in [7, 11) is -2.57. The van der Waals surface area contributed by atoms with Crippen LogP contribution < -0.4 is 29.3 Å². The third-order valence-electron chi connectivity index (χ3n) is 6.40. The largest absolute Gasteiger partial charge is 0.495 e. The van der Waals surface area contributed by atoms with Gasteiger partial charge in [0, 0.05) is 4.90 Å². The van der Waals surface area contributed by atoms with Crippen LogP contribution in [0.15, 0.2) is 112 Å². The first kappa shape index (κ1) is 33.9. The summed E-state index contributed by atoms with van der Waals surface area (Å²) in [5.41, 5.74) is 3.86. The lowest BCUT2D eigenvalue weighted by Gasteiger charge is -2.24. The summed E-state index contributed by atoms with van der Waals surface area (Å²) >= 11 is 1.49. The average Bonchev–Trinajstić information content (AvgIpc) is 3.07. The molecule has 0 unspecified atom stereocenters. The van der Waals surface area contributed by atoms with E-state index in [1.807, 2.05) is 13.2 Å². The van der Waals surface area contributed by atoms with Crippen LogP contribution in [0.25, 0.3) is 0 Å². The van der Waals surface area contributed by atoms with Gasteiger partial charge >= 0.3 is 0 Å². The quantitative estimate of drug-likeness (QED) is 0.101. The predicted molar refractivity (Wildman–Crippen MR) is 180 cm³/mol. The molecule has 0 aliphatic rings. The number of amides is 2. The van der Waals surface area contributed by atoms with E-state index in [-0.39, 0.29) is 17.4 Å². The van der Waals surface area contributed by atoms with E-state index in [1.54, 1.807) is 84.9 Å². The van der Waals surface area contributed by atoms with Crippen molar-refractivity contribution in [3.63, 3.8) is 0 Å². The van der Waals surface area contributed by atoms with E-state index in [0.717, 1.165) is 9.20 Å². The highest BCUT2D eigenvalue weighted by atomic mass is 32.2. The Morgan fingerprint density at radius 3 is 2.17 bits per heavy atom. The molecule has 2 N–H and O–H groups in total. The Bertz CT molecular complexity index is 1750. The van der Waals surface area contributed by atoms with E-state index in [4.69, 9.17) is 14.2 Å². The summed E-state index contributed by atoms with van der Waals surface area (Å²) in [5.74, 6) is 0.581. The molecule has 0 saturated carbocycles. The molecular formula is C33H34N4O7S2. The molecular weight excluding hydrogens is 629 g/mol. The van der Waals surface area contributed by atoms with Gasteiger partial charge in [0.2, 0.25) is 0 Å². The fraction of sp³-hybridized carbons (Fsp3) is 0.182. The zero-order chi connectivity index (χ0) is 32.9. The summed E-state index contributed by atoms with van der Waals surface area (Å²) in [6.07, 6.45) is 3.31. The molecule has 46 heavy (non-hydrogen) atoms. The van der Waals surface area contributed by atoms with Gasteiger partial charge < -0.3 is 19.5 Å². The van der Waals surface area contributed by atoms with Crippen molar-refractivity contribution in [2.75, 3.05) is 42.7 Å². The Kier molecular flexibility index (Phi) is 12.0. The van der Waals surface area contributed by atoms with Crippen molar-refractivity contribution in [2.45, 2.75) is 16.7 Å². The number of anilines is 2. The maximum absolute atomic E-state index is 13.6. The number of benzene rings is 4. The van der Waals surface area contributed by atoms with Crippen LogP contribution in [0, 0.1) is 0 Å². The van der Waals surface area contributed by atoms with Crippen molar-refractivity contribution in [3.05, 3.63) is 103 Å². The van der Waals surface area contributed by atoms with Gasteiger partial charge in [-0.1, -0.05) is 12.1 Å². The van der Waals surface area contributed by atoms with E-state index in [2.05, 4.69) is 15.8 Å². The minimum atomic E-state index is -4.09. The summed E-state index contributed by atoms with van der Waals surface area (Å²) in [6.45, 7) is 1.59. The third kappa shape index (κ3) is 9.25. The third-order valence-corrected chi connectivity index (χ3v) is 8.94. The van der Waals surface area contributed by atoms with Gasteiger partial charge in [0.1, 0.15) is 23.8 Å². The SMILES string of the molecule is CCOc1ccc(N(CC(=O)N/N=C\c2ccc(OCC(=O)Nc3ccccc3OC)cc2)S(=O)(=O)c2ccc(SC)cc2)cc1. The summed E-state index contributed by atoms with van der Waals surface area (Å²) in [5, 5.41) is 6.72. The van der Waals surface area contributed by atoms with Gasteiger partial charge in [0.05, 0.1) is 36.2 Å². The number of rotatable bonds is 15. The molecule has 0 radical (unpaired) electrons. The van der Waals surface area contributed by atoms with Gasteiger partial charge in [0.15, 0.2) is 6.61 Å². The van der Waals surface area contributed by atoms with Crippen molar-refractivity contribution in [3.8, 4) is 17.2 Å². The molecule has 0 saturated heterocycles. The van der Waals surface area contributed by atoms with Crippen LogP contribution in [-0.4, -0.2) is 59.6 Å². The monoisotopic (exact) mass is 662 g/mol. The van der Waals surface area contributed by atoms with Gasteiger partial charge in [0.25, 0.3) is 21.8 Å². The van der Waals surface area contributed by atoms with Crippen LogP contribution in [0.5, 0.6) is 17.2 Å². The Morgan fingerprint density at radius 2 is 1.52 bits per heavy atom. The molecule has 2 amide bonds. The number of nitrogens with zero attached hydrogens (tertiary/aromatic N) is 2. The van der Waals surface area contributed by atoms with Gasteiger partial charge in [-0.2, -0.15) is 5.10 Å². The number of methoxy groups -OCH3 is 1. The minimum absolute atomic E-state index is 0.0510. The molecule has 4 aromatic rings. The smallest absolute Gasteiger partial charge is 0.264 e. The van der Waals surface area contributed by atoms with Crippen LogP contribution in [-0.2, 0) is 19.6 Å². The number of carbonyl (C=O) groups is 2. The molecule has 11 nitrogen and oxygen atoms in total.